The molecule has 76 valence electrons. The van der Waals surface area contributed by atoms with Crippen LogP contribution in [0.15, 0.2) is 24.3 Å². The zero-order valence-corrected chi connectivity index (χ0v) is 7.90. The zero-order valence-electron chi connectivity index (χ0n) is 7.90. The first-order chi connectivity index (χ1) is 6.63. The third-order valence-electron chi connectivity index (χ3n) is 1.76. The van der Waals surface area contributed by atoms with E-state index in [1.807, 2.05) is 0 Å². The molecule has 1 aromatic rings. The Labute approximate surface area is 82.2 Å². The molecule has 0 aliphatic carbocycles. The van der Waals surface area contributed by atoms with Crippen molar-refractivity contribution in [1.82, 2.24) is 0 Å². The number of anilines is 1. The van der Waals surface area contributed by atoms with Gasteiger partial charge in [-0.3, -0.25) is 4.79 Å². The van der Waals surface area contributed by atoms with Gasteiger partial charge in [0, 0.05) is 12.6 Å². The van der Waals surface area contributed by atoms with Gasteiger partial charge in [-0.1, -0.05) is 12.1 Å². The maximum atomic E-state index is 10.7. The Bertz CT molecular complexity index is 325. The summed E-state index contributed by atoms with van der Waals surface area (Å²) >= 11 is 0. The second-order valence-electron chi connectivity index (χ2n) is 3.01. The standard InChI is InChI=1S/C10H13NO3/c1-7(13)11-9-4-2-3-8(5-9)10(14)6-12/h2-5,10,12,14H,6H2,1H3,(H,11,13). The van der Waals surface area contributed by atoms with Crippen molar-refractivity contribution in [2.45, 2.75) is 13.0 Å². The van der Waals surface area contributed by atoms with Crippen molar-refractivity contribution in [3.63, 3.8) is 0 Å². The van der Waals surface area contributed by atoms with E-state index in [4.69, 9.17) is 5.11 Å². The van der Waals surface area contributed by atoms with E-state index in [1.165, 1.54) is 6.92 Å². The molecule has 0 spiro atoms. The molecule has 0 aliphatic heterocycles. The number of aliphatic hydroxyl groups is 2. The number of rotatable bonds is 3. The molecule has 1 aromatic carbocycles. The Morgan fingerprint density at radius 3 is 2.86 bits per heavy atom. The summed E-state index contributed by atoms with van der Waals surface area (Å²) in [6.07, 6.45) is -0.899. The Kier molecular flexibility index (Phi) is 3.62. The lowest BCUT2D eigenvalue weighted by Crippen LogP contribution is -2.07. The monoisotopic (exact) mass is 195 g/mol. The summed E-state index contributed by atoms with van der Waals surface area (Å²) in [5.41, 5.74) is 1.20. The Morgan fingerprint density at radius 1 is 1.57 bits per heavy atom. The van der Waals surface area contributed by atoms with E-state index in [9.17, 15) is 9.90 Å². The summed E-state index contributed by atoms with van der Waals surface area (Å²) in [4.78, 5) is 10.7. The second kappa shape index (κ2) is 4.74. The van der Waals surface area contributed by atoms with Crippen LogP contribution in [0.3, 0.4) is 0 Å². The number of amides is 1. The summed E-state index contributed by atoms with van der Waals surface area (Å²) < 4.78 is 0. The average Bonchev–Trinajstić information content (AvgIpc) is 2.16. The zero-order chi connectivity index (χ0) is 10.6. The number of aliphatic hydroxyl groups excluding tert-OH is 2. The fourth-order valence-corrected chi connectivity index (χ4v) is 1.13. The molecule has 0 heterocycles. The van der Waals surface area contributed by atoms with E-state index in [0.717, 1.165) is 0 Å². The summed E-state index contributed by atoms with van der Waals surface area (Å²) in [6, 6.07) is 6.74. The molecule has 0 radical (unpaired) electrons. The van der Waals surface area contributed by atoms with Gasteiger partial charge < -0.3 is 15.5 Å². The highest BCUT2D eigenvalue weighted by atomic mass is 16.3. The molecule has 0 aliphatic rings. The molecule has 0 fully saturated rings. The maximum Gasteiger partial charge on any atom is 0.221 e. The molecular weight excluding hydrogens is 182 g/mol. The lowest BCUT2D eigenvalue weighted by molar-refractivity contribution is -0.114. The van der Waals surface area contributed by atoms with Crippen molar-refractivity contribution in [3.8, 4) is 0 Å². The summed E-state index contributed by atoms with van der Waals surface area (Å²) in [5, 5.41) is 20.6. The first kappa shape index (κ1) is 10.7. The van der Waals surface area contributed by atoms with Crippen LogP contribution in [0.25, 0.3) is 0 Å². The highest BCUT2D eigenvalue weighted by molar-refractivity contribution is 5.88. The van der Waals surface area contributed by atoms with E-state index in [0.29, 0.717) is 11.3 Å². The van der Waals surface area contributed by atoms with Gasteiger partial charge in [0.25, 0.3) is 0 Å². The second-order valence-corrected chi connectivity index (χ2v) is 3.01. The Morgan fingerprint density at radius 2 is 2.29 bits per heavy atom. The minimum absolute atomic E-state index is 0.166. The van der Waals surface area contributed by atoms with Gasteiger partial charge in [0.2, 0.25) is 5.91 Å². The van der Waals surface area contributed by atoms with Crippen LogP contribution in [0.4, 0.5) is 5.69 Å². The van der Waals surface area contributed by atoms with Gasteiger partial charge in [0.05, 0.1) is 6.61 Å². The quantitative estimate of drug-likeness (QED) is 0.664. The number of carbonyl (C=O) groups is 1. The van der Waals surface area contributed by atoms with Crippen molar-refractivity contribution in [3.05, 3.63) is 29.8 Å². The molecule has 3 N–H and O–H groups in total. The first-order valence-corrected chi connectivity index (χ1v) is 4.30. The topological polar surface area (TPSA) is 69.6 Å². The van der Waals surface area contributed by atoms with E-state index in [2.05, 4.69) is 5.32 Å². The first-order valence-electron chi connectivity index (χ1n) is 4.30. The van der Waals surface area contributed by atoms with Crippen molar-refractivity contribution in [1.29, 1.82) is 0 Å². The summed E-state index contributed by atoms with van der Waals surface area (Å²) in [5.74, 6) is -0.166. The van der Waals surface area contributed by atoms with Crippen molar-refractivity contribution in [2.24, 2.45) is 0 Å². The number of hydrogen-bond donors (Lipinski definition) is 3. The van der Waals surface area contributed by atoms with Crippen LogP contribution in [0.5, 0.6) is 0 Å². The number of hydrogen-bond acceptors (Lipinski definition) is 3. The van der Waals surface area contributed by atoms with Gasteiger partial charge >= 0.3 is 0 Å². The lowest BCUT2D eigenvalue weighted by Gasteiger charge is -2.09. The van der Waals surface area contributed by atoms with E-state index in [-0.39, 0.29) is 12.5 Å². The van der Waals surface area contributed by atoms with Crippen LogP contribution in [-0.2, 0) is 4.79 Å². The van der Waals surface area contributed by atoms with Crippen LogP contribution in [-0.4, -0.2) is 22.7 Å². The van der Waals surface area contributed by atoms with Crippen LogP contribution in [0, 0.1) is 0 Å². The number of carbonyl (C=O) groups excluding carboxylic acids is 1. The predicted octanol–water partition coefficient (Wildman–Crippen LogP) is 0.671. The molecule has 0 saturated carbocycles. The van der Waals surface area contributed by atoms with Crippen LogP contribution in [0.2, 0.25) is 0 Å². The van der Waals surface area contributed by atoms with Crippen LogP contribution >= 0.6 is 0 Å². The highest BCUT2D eigenvalue weighted by Crippen LogP contribution is 2.16. The third-order valence-corrected chi connectivity index (χ3v) is 1.76. The van der Waals surface area contributed by atoms with Crippen LogP contribution in [0.1, 0.15) is 18.6 Å². The molecule has 1 atom stereocenters. The lowest BCUT2D eigenvalue weighted by atomic mass is 10.1. The van der Waals surface area contributed by atoms with E-state index < -0.39 is 6.10 Å². The molecule has 1 amide bonds. The van der Waals surface area contributed by atoms with E-state index >= 15 is 0 Å². The van der Waals surface area contributed by atoms with Gasteiger partial charge in [-0.15, -0.1) is 0 Å². The Hall–Kier alpha value is -1.39. The molecule has 1 rings (SSSR count). The van der Waals surface area contributed by atoms with Gasteiger partial charge in [-0.2, -0.15) is 0 Å². The van der Waals surface area contributed by atoms with Crippen molar-refractivity contribution in [2.75, 3.05) is 11.9 Å². The molecule has 0 bridgehead atoms. The largest absolute Gasteiger partial charge is 0.393 e. The summed E-state index contributed by atoms with van der Waals surface area (Å²) in [7, 11) is 0. The summed E-state index contributed by atoms with van der Waals surface area (Å²) in [6.45, 7) is 1.08. The van der Waals surface area contributed by atoms with Crippen LogP contribution < -0.4 is 5.32 Å². The fourth-order valence-electron chi connectivity index (χ4n) is 1.13. The minimum atomic E-state index is -0.899. The van der Waals surface area contributed by atoms with Gasteiger partial charge in [-0.25, -0.2) is 0 Å². The minimum Gasteiger partial charge on any atom is -0.393 e. The smallest absolute Gasteiger partial charge is 0.221 e. The Balaban J connectivity index is 2.83. The normalized spacial score (nSPS) is 12.2. The molecule has 14 heavy (non-hydrogen) atoms. The predicted molar refractivity (Wildman–Crippen MR) is 52.8 cm³/mol. The SMILES string of the molecule is CC(=O)Nc1cccc(C(O)CO)c1. The number of nitrogens with one attached hydrogen (secondary N) is 1. The molecule has 4 heteroatoms. The fraction of sp³-hybridized carbons (Fsp3) is 0.300. The maximum absolute atomic E-state index is 10.7. The average molecular weight is 195 g/mol. The molecule has 0 aromatic heterocycles. The highest BCUT2D eigenvalue weighted by Gasteiger charge is 2.06. The molecule has 1 unspecified atom stereocenters. The molecule has 4 nitrogen and oxygen atoms in total. The molecular formula is C10H13NO3. The van der Waals surface area contributed by atoms with E-state index in [1.54, 1.807) is 24.3 Å². The van der Waals surface area contributed by atoms with Gasteiger partial charge in [0.1, 0.15) is 6.10 Å². The van der Waals surface area contributed by atoms with Gasteiger partial charge in [-0.05, 0) is 17.7 Å². The number of benzene rings is 1. The third kappa shape index (κ3) is 2.83. The van der Waals surface area contributed by atoms with Gasteiger partial charge in [0.15, 0.2) is 0 Å². The molecule has 0 saturated heterocycles. The van der Waals surface area contributed by atoms with Crippen molar-refractivity contribution >= 4 is 11.6 Å². The van der Waals surface area contributed by atoms with Crippen molar-refractivity contribution < 1.29 is 15.0 Å².